The third-order valence-corrected chi connectivity index (χ3v) is 2.66. The molecule has 13 heavy (non-hydrogen) atoms. The number of nitrogens with zero attached hydrogens (tertiary/aromatic N) is 1. The summed E-state index contributed by atoms with van der Waals surface area (Å²) < 4.78 is 0. The minimum absolute atomic E-state index is 0.270. The number of hydrogen-bond acceptors (Lipinski definition) is 4. The third kappa shape index (κ3) is 1.78. The van der Waals surface area contributed by atoms with E-state index >= 15 is 0 Å². The van der Waals surface area contributed by atoms with Gasteiger partial charge in [-0.05, 0) is 6.92 Å². The summed E-state index contributed by atoms with van der Waals surface area (Å²) in [6.45, 7) is 1.88. The maximum atomic E-state index is 11.3. The minimum Gasteiger partial charge on any atom is -0.393 e. The summed E-state index contributed by atoms with van der Waals surface area (Å²) in [7, 11) is 0. The molecule has 1 rings (SSSR count). The van der Waals surface area contributed by atoms with Crippen molar-refractivity contribution in [2.45, 2.75) is 18.4 Å². The van der Waals surface area contributed by atoms with Crippen molar-refractivity contribution in [3.8, 4) is 0 Å². The lowest BCUT2D eigenvalue weighted by atomic mass is 9.93. The van der Waals surface area contributed by atoms with E-state index in [0.717, 1.165) is 0 Å². The molecule has 6 heteroatoms. The minimum atomic E-state index is -0.873. The number of amides is 2. The average Bonchev–Trinajstić information content (AvgIpc) is 2.00. The SMILES string of the molecule is C[C@@H](O)C1CN(C(S)C(N)=O)C1=O. The van der Waals surface area contributed by atoms with Crippen LogP contribution in [0.15, 0.2) is 0 Å². The Kier molecular flexibility index (Phi) is 2.82. The van der Waals surface area contributed by atoms with Gasteiger partial charge in [-0.2, -0.15) is 0 Å². The van der Waals surface area contributed by atoms with Crippen molar-refractivity contribution < 1.29 is 14.7 Å². The van der Waals surface area contributed by atoms with Gasteiger partial charge in [-0.1, -0.05) is 0 Å². The number of thiol groups is 1. The summed E-state index contributed by atoms with van der Waals surface area (Å²) in [6.07, 6.45) is -0.683. The summed E-state index contributed by atoms with van der Waals surface area (Å²) in [5.41, 5.74) is 4.96. The third-order valence-electron chi connectivity index (χ3n) is 2.13. The Hall–Kier alpha value is -0.750. The van der Waals surface area contributed by atoms with Gasteiger partial charge in [-0.3, -0.25) is 9.59 Å². The van der Waals surface area contributed by atoms with Crippen LogP contribution in [0.3, 0.4) is 0 Å². The van der Waals surface area contributed by atoms with Crippen molar-refractivity contribution in [3.63, 3.8) is 0 Å². The fourth-order valence-electron chi connectivity index (χ4n) is 1.21. The molecule has 1 aliphatic heterocycles. The van der Waals surface area contributed by atoms with Crippen LogP contribution in [-0.4, -0.2) is 39.8 Å². The van der Waals surface area contributed by atoms with Crippen LogP contribution in [0, 0.1) is 5.92 Å². The van der Waals surface area contributed by atoms with E-state index in [1.165, 1.54) is 11.8 Å². The Morgan fingerprint density at radius 3 is 2.69 bits per heavy atom. The summed E-state index contributed by atoms with van der Waals surface area (Å²) in [5.74, 6) is -1.33. The standard InChI is InChI=1S/C7H12N2O3S/c1-3(10)4-2-9(6(4)12)7(13)5(8)11/h3-4,7,10,13H,2H2,1H3,(H2,8,11)/t3-,4?,7?/m1/s1. The first kappa shape index (κ1) is 10.3. The highest BCUT2D eigenvalue weighted by atomic mass is 32.1. The highest BCUT2D eigenvalue weighted by Gasteiger charge is 2.43. The first-order chi connectivity index (χ1) is 5.95. The number of primary amides is 1. The molecule has 0 aliphatic carbocycles. The van der Waals surface area contributed by atoms with Gasteiger partial charge in [-0.25, -0.2) is 0 Å². The molecule has 2 amide bonds. The Labute approximate surface area is 81.3 Å². The highest BCUT2D eigenvalue weighted by molar-refractivity contribution is 7.81. The molecule has 5 nitrogen and oxygen atoms in total. The predicted octanol–water partition coefficient (Wildman–Crippen LogP) is -1.43. The van der Waals surface area contributed by atoms with Crippen molar-refractivity contribution in [1.82, 2.24) is 4.90 Å². The first-order valence-electron chi connectivity index (χ1n) is 3.91. The van der Waals surface area contributed by atoms with E-state index in [9.17, 15) is 9.59 Å². The quantitative estimate of drug-likeness (QED) is 0.389. The van der Waals surface area contributed by atoms with Crippen LogP contribution in [0.4, 0.5) is 0 Å². The molecule has 1 heterocycles. The van der Waals surface area contributed by atoms with Crippen LogP contribution in [-0.2, 0) is 9.59 Å². The van der Waals surface area contributed by atoms with E-state index in [0.29, 0.717) is 6.54 Å². The number of β-lactam (4-membered cyclic amide) rings is 1. The summed E-state index contributed by atoms with van der Waals surface area (Å²) in [4.78, 5) is 23.1. The number of hydrogen-bond donors (Lipinski definition) is 3. The maximum absolute atomic E-state index is 11.3. The fraction of sp³-hybridized carbons (Fsp3) is 0.714. The Morgan fingerprint density at radius 2 is 2.38 bits per heavy atom. The van der Waals surface area contributed by atoms with Crippen LogP contribution >= 0.6 is 12.6 Å². The molecule has 1 fully saturated rings. The van der Waals surface area contributed by atoms with Gasteiger partial charge in [0.1, 0.15) is 0 Å². The average molecular weight is 204 g/mol. The lowest BCUT2D eigenvalue weighted by Crippen LogP contribution is -2.61. The molecule has 2 unspecified atom stereocenters. The van der Waals surface area contributed by atoms with Gasteiger partial charge in [0, 0.05) is 6.54 Å². The molecule has 0 aromatic heterocycles. The van der Waals surface area contributed by atoms with Gasteiger partial charge in [0.2, 0.25) is 11.8 Å². The van der Waals surface area contributed by atoms with Crippen molar-refractivity contribution in [1.29, 1.82) is 0 Å². The molecule has 0 saturated carbocycles. The lowest BCUT2D eigenvalue weighted by Gasteiger charge is -2.41. The van der Waals surface area contributed by atoms with Gasteiger partial charge in [0.15, 0.2) is 5.37 Å². The monoisotopic (exact) mass is 204 g/mol. The van der Waals surface area contributed by atoms with Crippen molar-refractivity contribution in [2.75, 3.05) is 6.54 Å². The Morgan fingerprint density at radius 1 is 1.85 bits per heavy atom. The highest BCUT2D eigenvalue weighted by Crippen LogP contribution is 2.24. The number of likely N-dealkylation sites (tertiary alicyclic amines) is 1. The number of aliphatic hydroxyl groups is 1. The second-order valence-electron chi connectivity index (χ2n) is 3.11. The van der Waals surface area contributed by atoms with E-state index in [4.69, 9.17) is 10.8 Å². The zero-order valence-electron chi connectivity index (χ0n) is 7.17. The van der Waals surface area contributed by atoms with E-state index in [2.05, 4.69) is 12.6 Å². The molecule has 1 saturated heterocycles. The predicted molar refractivity (Wildman–Crippen MR) is 48.9 cm³/mol. The number of carbonyl (C=O) groups is 2. The Balaban J connectivity index is 2.53. The molecular weight excluding hydrogens is 192 g/mol. The second-order valence-corrected chi connectivity index (χ2v) is 3.60. The van der Waals surface area contributed by atoms with E-state index in [1.807, 2.05) is 0 Å². The van der Waals surface area contributed by atoms with E-state index < -0.39 is 23.3 Å². The topological polar surface area (TPSA) is 83.6 Å². The van der Waals surface area contributed by atoms with E-state index in [1.54, 1.807) is 0 Å². The van der Waals surface area contributed by atoms with Crippen molar-refractivity contribution >= 4 is 24.4 Å². The normalized spacial score (nSPS) is 26.5. The van der Waals surface area contributed by atoms with Gasteiger partial charge < -0.3 is 15.7 Å². The van der Waals surface area contributed by atoms with Crippen molar-refractivity contribution in [2.24, 2.45) is 11.7 Å². The first-order valence-corrected chi connectivity index (χ1v) is 4.42. The molecule has 3 atom stereocenters. The largest absolute Gasteiger partial charge is 0.393 e. The maximum Gasteiger partial charge on any atom is 0.250 e. The van der Waals surface area contributed by atoms with Gasteiger partial charge in [0.25, 0.3) is 0 Å². The van der Waals surface area contributed by atoms with Crippen molar-refractivity contribution in [3.05, 3.63) is 0 Å². The molecule has 0 spiro atoms. The summed E-state index contributed by atoms with van der Waals surface area (Å²) in [6, 6.07) is 0. The van der Waals surface area contributed by atoms with Crippen LogP contribution in [0.25, 0.3) is 0 Å². The van der Waals surface area contributed by atoms with Crippen LogP contribution in [0.1, 0.15) is 6.92 Å². The molecule has 74 valence electrons. The molecule has 0 aromatic carbocycles. The lowest BCUT2D eigenvalue weighted by molar-refractivity contribution is -0.157. The second kappa shape index (κ2) is 3.55. The molecule has 0 aromatic rings. The van der Waals surface area contributed by atoms with Crippen LogP contribution in [0.2, 0.25) is 0 Å². The molecule has 0 bridgehead atoms. The van der Waals surface area contributed by atoms with Crippen LogP contribution < -0.4 is 5.73 Å². The number of nitrogens with two attached hydrogens (primary N) is 1. The van der Waals surface area contributed by atoms with E-state index in [-0.39, 0.29) is 5.91 Å². The molecule has 0 radical (unpaired) electrons. The van der Waals surface area contributed by atoms with Crippen LogP contribution in [0.5, 0.6) is 0 Å². The molecule has 3 N–H and O–H groups in total. The van der Waals surface area contributed by atoms with Gasteiger partial charge >= 0.3 is 0 Å². The number of carbonyl (C=O) groups excluding carboxylic acids is 2. The number of rotatable bonds is 3. The molecule has 1 aliphatic rings. The zero-order valence-corrected chi connectivity index (χ0v) is 8.07. The smallest absolute Gasteiger partial charge is 0.250 e. The van der Waals surface area contributed by atoms with Gasteiger partial charge in [-0.15, -0.1) is 12.6 Å². The zero-order chi connectivity index (χ0) is 10.2. The summed E-state index contributed by atoms with van der Waals surface area (Å²) >= 11 is 3.87. The number of aliphatic hydroxyl groups excluding tert-OH is 1. The van der Waals surface area contributed by atoms with Gasteiger partial charge in [0.05, 0.1) is 12.0 Å². The summed E-state index contributed by atoms with van der Waals surface area (Å²) in [5, 5.41) is 8.22. The fourth-order valence-corrected chi connectivity index (χ4v) is 1.42. The Bertz CT molecular complexity index is 244. The molecular formula is C7H12N2O3S.